The summed E-state index contributed by atoms with van der Waals surface area (Å²) < 4.78 is 18.0. The number of aliphatic carboxylic acids is 1. The Labute approximate surface area is 404 Å². The fraction of sp³-hybridized carbons (Fsp3) is 0.627. The monoisotopic (exact) mass is 919 g/mol. The van der Waals surface area contributed by atoms with Crippen LogP contribution in [0.4, 0.5) is 0 Å². The first-order chi connectivity index (χ1) is 31.4. The first kappa shape index (κ1) is 52.2. The smallest absolute Gasteiger partial charge is 0.309 e. The van der Waals surface area contributed by atoms with Gasteiger partial charge in [0.2, 0.25) is 0 Å². The number of likely N-dealkylation sites (tertiary alicyclic amines) is 2. The summed E-state index contributed by atoms with van der Waals surface area (Å²) in [5.41, 5.74) is 3.42. The van der Waals surface area contributed by atoms with E-state index in [1.54, 1.807) is 0 Å². The van der Waals surface area contributed by atoms with Gasteiger partial charge in [-0.1, -0.05) is 85.4 Å². The highest BCUT2D eigenvalue weighted by atomic mass is 16.5. The van der Waals surface area contributed by atoms with Crippen LogP contribution in [0.3, 0.4) is 0 Å². The maximum atomic E-state index is 12.0. The molecule has 4 aromatic rings. The molecule has 4 fully saturated rings. The fourth-order valence-electron chi connectivity index (χ4n) is 11.4. The Balaban J connectivity index is 0.000000218. The standard InChI is InChI=1S/C30H43NO3.C28H39NO3.CH4/c1-6-33-29(32)22-15-17-31(18-16-22)21(2)23-7-8-25-20-28(12-9-24(25)19-23)34-27-13-10-26(11-14-27)30(3,4)5;1-19(29-15-13-20(14-16-29)27(30)31)21-5-6-23-18-26(10-7-22(23)17-21)32-25-11-8-24(9-12-25)28(2,3)4;/h7-9,12,19-22,26-27H,6,10-11,13-18H2,1-5H3;5-7,10,17-20,24-25H,8-9,11-16H2,1-4H3,(H,30,31);1H4. The van der Waals surface area contributed by atoms with Crippen LogP contribution >= 0.6 is 0 Å². The van der Waals surface area contributed by atoms with Gasteiger partial charge in [-0.25, -0.2) is 0 Å². The highest BCUT2D eigenvalue weighted by Crippen LogP contribution is 2.41. The molecule has 2 aliphatic carbocycles. The molecule has 2 heterocycles. The summed E-state index contributed by atoms with van der Waals surface area (Å²) in [4.78, 5) is 28.2. The molecule has 67 heavy (non-hydrogen) atoms. The van der Waals surface area contributed by atoms with Gasteiger partial charge in [0.1, 0.15) is 11.5 Å². The SMILES string of the molecule is C.CC(c1ccc2cc(OC3CCC(C(C)(C)C)CC3)ccc2c1)N1CCC(C(=O)O)CC1.CCOC(=O)C1CCN(C(C)c2ccc3cc(OC4CCC(C(C)(C)C)CC4)ccc3c2)CC1. The summed E-state index contributed by atoms with van der Waals surface area (Å²) in [6, 6.07) is 27.1. The summed E-state index contributed by atoms with van der Waals surface area (Å²) in [5, 5.41) is 14.2. The molecule has 1 N–H and O–H groups in total. The van der Waals surface area contributed by atoms with Crippen molar-refractivity contribution in [2.24, 2.45) is 34.5 Å². The number of carbonyl (C=O) groups is 2. The number of carboxylic acid groups (broad SMARTS) is 1. The minimum Gasteiger partial charge on any atom is -0.490 e. The van der Waals surface area contributed by atoms with Crippen molar-refractivity contribution in [1.29, 1.82) is 0 Å². The molecule has 8 rings (SSSR count). The second kappa shape index (κ2) is 23.0. The van der Waals surface area contributed by atoms with E-state index < -0.39 is 5.97 Å². The number of benzene rings is 4. The van der Waals surface area contributed by atoms with Crippen LogP contribution in [0.2, 0.25) is 0 Å². The molecule has 2 atom stereocenters. The maximum absolute atomic E-state index is 12.0. The van der Waals surface area contributed by atoms with Gasteiger partial charge in [0, 0.05) is 12.1 Å². The molecular weight excluding hydrogens is 833 g/mol. The lowest BCUT2D eigenvalue weighted by molar-refractivity contribution is -0.150. The van der Waals surface area contributed by atoms with Gasteiger partial charge in [-0.2, -0.15) is 0 Å². The van der Waals surface area contributed by atoms with Crippen LogP contribution in [0.15, 0.2) is 72.8 Å². The third-order valence-electron chi connectivity index (χ3n) is 16.2. The Hall–Kier alpha value is -4.14. The number of rotatable bonds is 11. The zero-order valence-electron chi connectivity index (χ0n) is 42.0. The maximum Gasteiger partial charge on any atom is 0.309 e. The van der Waals surface area contributed by atoms with Crippen molar-refractivity contribution >= 4 is 33.5 Å². The van der Waals surface area contributed by atoms with E-state index in [1.807, 2.05) is 6.92 Å². The molecule has 0 bridgehead atoms. The summed E-state index contributed by atoms with van der Waals surface area (Å²) in [7, 11) is 0. The van der Waals surface area contributed by atoms with Crippen LogP contribution in [0, 0.1) is 34.5 Å². The molecule has 4 aromatic carbocycles. The number of carboxylic acids is 1. The van der Waals surface area contributed by atoms with Gasteiger partial charge < -0.3 is 19.3 Å². The molecule has 0 spiro atoms. The first-order valence-electron chi connectivity index (χ1n) is 25.7. The predicted octanol–water partition coefficient (Wildman–Crippen LogP) is 14.5. The number of carbonyl (C=O) groups excluding carboxylic acids is 1. The van der Waals surface area contributed by atoms with E-state index in [-0.39, 0.29) is 25.2 Å². The van der Waals surface area contributed by atoms with Crippen molar-refractivity contribution in [3.8, 4) is 11.5 Å². The van der Waals surface area contributed by atoms with Gasteiger partial charge >= 0.3 is 11.9 Å². The second-order valence-corrected chi connectivity index (χ2v) is 22.5. The van der Waals surface area contributed by atoms with Crippen molar-refractivity contribution in [2.45, 2.75) is 171 Å². The molecule has 368 valence electrons. The Morgan fingerprint density at radius 2 is 0.910 bits per heavy atom. The van der Waals surface area contributed by atoms with E-state index in [2.05, 4.69) is 138 Å². The van der Waals surface area contributed by atoms with Crippen molar-refractivity contribution in [3.63, 3.8) is 0 Å². The minimum absolute atomic E-state index is 0. The fourth-order valence-corrected chi connectivity index (χ4v) is 11.4. The molecule has 0 amide bonds. The molecule has 8 heteroatoms. The van der Waals surface area contributed by atoms with Gasteiger partial charge in [-0.3, -0.25) is 19.4 Å². The van der Waals surface area contributed by atoms with Crippen LogP contribution in [-0.4, -0.2) is 71.8 Å². The lowest BCUT2D eigenvalue weighted by atomic mass is 9.72. The van der Waals surface area contributed by atoms with E-state index in [0.29, 0.717) is 41.7 Å². The van der Waals surface area contributed by atoms with Crippen LogP contribution in [0.5, 0.6) is 11.5 Å². The van der Waals surface area contributed by atoms with E-state index in [4.69, 9.17) is 14.2 Å². The van der Waals surface area contributed by atoms with Gasteiger partial charge in [0.15, 0.2) is 0 Å². The first-order valence-corrected chi connectivity index (χ1v) is 25.7. The number of hydrogen-bond donors (Lipinski definition) is 1. The Morgan fingerprint density at radius 3 is 1.27 bits per heavy atom. The number of hydrogen-bond acceptors (Lipinski definition) is 7. The lowest BCUT2D eigenvalue weighted by Gasteiger charge is -2.37. The van der Waals surface area contributed by atoms with Gasteiger partial charge in [0.05, 0.1) is 30.7 Å². The zero-order valence-corrected chi connectivity index (χ0v) is 42.0. The second-order valence-electron chi connectivity index (χ2n) is 22.5. The van der Waals surface area contributed by atoms with E-state index in [9.17, 15) is 14.7 Å². The molecule has 0 radical (unpaired) electrons. The summed E-state index contributed by atoms with van der Waals surface area (Å²) in [6.07, 6.45) is 13.6. The topological polar surface area (TPSA) is 88.5 Å². The van der Waals surface area contributed by atoms with Crippen molar-refractivity contribution in [1.82, 2.24) is 9.80 Å². The van der Waals surface area contributed by atoms with E-state index in [1.165, 1.54) is 58.4 Å². The Morgan fingerprint density at radius 1 is 0.552 bits per heavy atom. The lowest BCUT2D eigenvalue weighted by Crippen LogP contribution is -2.38. The van der Waals surface area contributed by atoms with Gasteiger partial charge in [-0.05, 0) is 216 Å². The predicted molar refractivity (Wildman–Crippen MR) is 276 cm³/mol. The number of fused-ring (bicyclic) bond motifs is 2. The third kappa shape index (κ3) is 13.8. The van der Waals surface area contributed by atoms with E-state index in [0.717, 1.165) is 101 Å². The van der Waals surface area contributed by atoms with E-state index >= 15 is 0 Å². The number of nitrogens with zero attached hydrogens (tertiary/aromatic N) is 2. The molecule has 8 nitrogen and oxygen atoms in total. The number of ether oxygens (including phenoxy) is 3. The van der Waals surface area contributed by atoms with Crippen molar-refractivity contribution < 1.29 is 28.9 Å². The van der Waals surface area contributed by atoms with Crippen LogP contribution in [-0.2, 0) is 14.3 Å². The van der Waals surface area contributed by atoms with Crippen LogP contribution < -0.4 is 9.47 Å². The molecule has 4 aliphatic rings. The van der Waals surface area contributed by atoms with Crippen molar-refractivity contribution in [2.75, 3.05) is 32.8 Å². The molecule has 2 unspecified atom stereocenters. The third-order valence-corrected chi connectivity index (χ3v) is 16.2. The molecular formula is C59H86N2O6. The summed E-state index contributed by atoms with van der Waals surface area (Å²) >= 11 is 0. The molecule has 2 saturated carbocycles. The average Bonchev–Trinajstić information content (AvgIpc) is 3.31. The van der Waals surface area contributed by atoms with Crippen LogP contribution in [0.1, 0.15) is 170 Å². The summed E-state index contributed by atoms with van der Waals surface area (Å²) in [5.74, 6) is 2.78. The molecule has 2 aliphatic heterocycles. The normalized spacial score (nSPS) is 23.6. The van der Waals surface area contributed by atoms with Crippen molar-refractivity contribution in [3.05, 3.63) is 83.9 Å². The minimum atomic E-state index is -0.650. The largest absolute Gasteiger partial charge is 0.490 e. The Bertz CT molecular complexity index is 2210. The highest BCUT2D eigenvalue weighted by Gasteiger charge is 2.33. The average molecular weight is 919 g/mol. The molecule has 2 saturated heterocycles. The van der Waals surface area contributed by atoms with Gasteiger partial charge in [0.25, 0.3) is 0 Å². The molecule has 0 aromatic heterocycles. The van der Waals surface area contributed by atoms with Crippen LogP contribution in [0.25, 0.3) is 21.5 Å². The summed E-state index contributed by atoms with van der Waals surface area (Å²) in [6.45, 7) is 24.6. The zero-order chi connectivity index (χ0) is 47.2. The Kier molecular flexibility index (Phi) is 17.9. The number of esters is 1. The van der Waals surface area contributed by atoms with Gasteiger partial charge in [-0.15, -0.1) is 0 Å². The number of piperidine rings is 2. The highest BCUT2D eigenvalue weighted by molar-refractivity contribution is 5.85. The quantitative estimate of drug-likeness (QED) is 0.149.